The Morgan fingerprint density at radius 3 is 2.76 bits per heavy atom. The zero-order valence-corrected chi connectivity index (χ0v) is 14.2. The fourth-order valence-electron chi connectivity index (χ4n) is 2.90. The molecule has 2 aromatic rings. The molecule has 2 aromatic carbocycles. The Morgan fingerprint density at radius 1 is 1.08 bits per heavy atom. The SMILES string of the molecule is Cc1cccc(OCC(=O)OCC(=O)N2CCCc3ccccc32)c1. The molecule has 1 amide bonds. The van der Waals surface area contributed by atoms with Gasteiger partial charge in [0, 0.05) is 12.2 Å². The quantitative estimate of drug-likeness (QED) is 0.786. The highest BCUT2D eigenvalue weighted by atomic mass is 16.6. The monoisotopic (exact) mass is 339 g/mol. The van der Waals surface area contributed by atoms with Crippen LogP contribution in [-0.2, 0) is 20.7 Å². The van der Waals surface area contributed by atoms with Gasteiger partial charge in [0.15, 0.2) is 13.2 Å². The van der Waals surface area contributed by atoms with E-state index in [4.69, 9.17) is 9.47 Å². The summed E-state index contributed by atoms with van der Waals surface area (Å²) in [6.07, 6.45) is 1.87. The van der Waals surface area contributed by atoms with Crippen molar-refractivity contribution in [3.8, 4) is 5.75 Å². The van der Waals surface area contributed by atoms with Crippen molar-refractivity contribution in [3.63, 3.8) is 0 Å². The maximum absolute atomic E-state index is 12.4. The maximum atomic E-state index is 12.4. The first-order valence-electron chi connectivity index (χ1n) is 8.37. The van der Waals surface area contributed by atoms with Crippen LogP contribution in [0.4, 0.5) is 5.69 Å². The zero-order chi connectivity index (χ0) is 17.6. The highest BCUT2D eigenvalue weighted by molar-refractivity contribution is 5.96. The van der Waals surface area contributed by atoms with Gasteiger partial charge in [0.05, 0.1) is 0 Å². The van der Waals surface area contributed by atoms with Gasteiger partial charge in [-0.15, -0.1) is 0 Å². The minimum Gasteiger partial charge on any atom is -0.482 e. The lowest BCUT2D eigenvalue weighted by atomic mass is 10.0. The van der Waals surface area contributed by atoms with E-state index in [-0.39, 0.29) is 19.1 Å². The second kappa shape index (κ2) is 7.83. The second-order valence-electron chi connectivity index (χ2n) is 6.04. The van der Waals surface area contributed by atoms with E-state index in [0.717, 1.165) is 29.7 Å². The van der Waals surface area contributed by atoms with E-state index in [1.807, 2.05) is 49.4 Å². The van der Waals surface area contributed by atoms with Gasteiger partial charge in [-0.2, -0.15) is 0 Å². The van der Waals surface area contributed by atoms with Crippen LogP contribution in [0.5, 0.6) is 5.75 Å². The molecule has 0 aliphatic carbocycles. The number of nitrogens with zero attached hydrogens (tertiary/aromatic N) is 1. The van der Waals surface area contributed by atoms with Gasteiger partial charge >= 0.3 is 5.97 Å². The van der Waals surface area contributed by atoms with Gasteiger partial charge in [-0.25, -0.2) is 4.79 Å². The van der Waals surface area contributed by atoms with E-state index < -0.39 is 5.97 Å². The van der Waals surface area contributed by atoms with Crippen molar-refractivity contribution < 1.29 is 19.1 Å². The van der Waals surface area contributed by atoms with Crippen LogP contribution in [0.15, 0.2) is 48.5 Å². The number of hydrogen-bond donors (Lipinski definition) is 0. The molecule has 0 N–H and O–H groups in total. The van der Waals surface area contributed by atoms with E-state index in [2.05, 4.69) is 0 Å². The molecule has 0 unspecified atom stereocenters. The molecule has 130 valence electrons. The largest absolute Gasteiger partial charge is 0.482 e. The predicted octanol–water partition coefficient (Wildman–Crippen LogP) is 2.90. The van der Waals surface area contributed by atoms with Crippen molar-refractivity contribution in [2.24, 2.45) is 0 Å². The molecule has 25 heavy (non-hydrogen) atoms. The molecule has 0 aromatic heterocycles. The van der Waals surface area contributed by atoms with E-state index in [1.165, 1.54) is 0 Å². The number of para-hydroxylation sites is 1. The van der Waals surface area contributed by atoms with Crippen LogP contribution in [0, 0.1) is 6.92 Å². The average molecular weight is 339 g/mol. The average Bonchev–Trinajstić information content (AvgIpc) is 2.64. The smallest absolute Gasteiger partial charge is 0.344 e. The molecule has 1 heterocycles. The van der Waals surface area contributed by atoms with Crippen LogP contribution in [0.3, 0.4) is 0 Å². The van der Waals surface area contributed by atoms with Gasteiger partial charge < -0.3 is 14.4 Å². The van der Waals surface area contributed by atoms with Gasteiger partial charge in [0.2, 0.25) is 0 Å². The van der Waals surface area contributed by atoms with Crippen LogP contribution < -0.4 is 9.64 Å². The molecule has 0 saturated heterocycles. The summed E-state index contributed by atoms with van der Waals surface area (Å²) < 4.78 is 10.5. The van der Waals surface area contributed by atoms with Crippen molar-refractivity contribution in [3.05, 3.63) is 59.7 Å². The number of carbonyl (C=O) groups is 2. The fourth-order valence-corrected chi connectivity index (χ4v) is 2.90. The lowest BCUT2D eigenvalue weighted by Crippen LogP contribution is -2.38. The molecule has 0 bridgehead atoms. The molecular weight excluding hydrogens is 318 g/mol. The Morgan fingerprint density at radius 2 is 1.92 bits per heavy atom. The normalized spacial score (nSPS) is 13.1. The van der Waals surface area contributed by atoms with Gasteiger partial charge in [-0.05, 0) is 49.1 Å². The van der Waals surface area contributed by atoms with Crippen molar-refractivity contribution in [1.29, 1.82) is 0 Å². The minimum absolute atomic E-state index is 0.212. The first-order chi connectivity index (χ1) is 12.1. The first-order valence-corrected chi connectivity index (χ1v) is 8.37. The molecule has 0 spiro atoms. The molecule has 1 aliphatic rings. The van der Waals surface area contributed by atoms with Crippen molar-refractivity contribution in [2.45, 2.75) is 19.8 Å². The Balaban J connectivity index is 1.50. The molecule has 0 radical (unpaired) electrons. The topological polar surface area (TPSA) is 55.8 Å². The van der Waals surface area contributed by atoms with Gasteiger partial charge in [-0.3, -0.25) is 4.79 Å². The van der Waals surface area contributed by atoms with Crippen LogP contribution in [0.2, 0.25) is 0 Å². The van der Waals surface area contributed by atoms with Crippen LogP contribution in [-0.4, -0.2) is 31.6 Å². The number of anilines is 1. The summed E-state index contributed by atoms with van der Waals surface area (Å²) in [5.41, 5.74) is 3.10. The number of carbonyl (C=O) groups excluding carboxylic acids is 2. The minimum atomic E-state index is -0.555. The Bertz CT molecular complexity index is 772. The van der Waals surface area contributed by atoms with Crippen LogP contribution >= 0.6 is 0 Å². The maximum Gasteiger partial charge on any atom is 0.344 e. The van der Waals surface area contributed by atoms with E-state index >= 15 is 0 Å². The second-order valence-corrected chi connectivity index (χ2v) is 6.04. The summed E-state index contributed by atoms with van der Waals surface area (Å²) in [7, 11) is 0. The highest BCUT2D eigenvalue weighted by Gasteiger charge is 2.23. The first kappa shape index (κ1) is 17.0. The number of ether oxygens (including phenoxy) is 2. The zero-order valence-electron chi connectivity index (χ0n) is 14.2. The van der Waals surface area contributed by atoms with Gasteiger partial charge in [0.25, 0.3) is 5.91 Å². The molecule has 0 saturated carbocycles. The number of rotatable bonds is 5. The number of hydrogen-bond acceptors (Lipinski definition) is 4. The molecule has 5 heteroatoms. The summed E-state index contributed by atoms with van der Waals surface area (Å²) >= 11 is 0. The van der Waals surface area contributed by atoms with Crippen LogP contribution in [0.25, 0.3) is 0 Å². The third kappa shape index (κ3) is 4.38. The van der Waals surface area contributed by atoms with E-state index in [0.29, 0.717) is 12.3 Å². The molecule has 1 aliphatic heterocycles. The third-order valence-electron chi connectivity index (χ3n) is 4.11. The van der Waals surface area contributed by atoms with E-state index in [9.17, 15) is 9.59 Å². The van der Waals surface area contributed by atoms with Crippen molar-refractivity contribution in [1.82, 2.24) is 0 Å². The number of amides is 1. The lowest BCUT2D eigenvalue weighted by molar-refractivity contribution is -0.149. The summed E-state index contributed by atoms with van der Waals surface area (Å²) in [4.78, 5) is 25.9. The van der Waals surface area contributed by atoms with Crippen LogP contribution in [0.1, 0.15) is 17.5 Å². The summed E-state index contributed by atoms with van der Waals surface area (Å²) in [5, 5.41) is 0. The standard InChI is InChI=1S/C20H21NO4/c1-15-6-4-9-17(12-15)24-14-20(23)25-13-19(22)21-11-5-8-16-7-2-3-10-18(16)21/h2-4,6-7,9-10,12H,5,8,11,13-14H2,1H3. The van der Waals surface area contributed by atoms with Crippen molar-refractivity contribution in [2.75, 3.05) is 24.7 Å². The molecule has 0 fully saturated rings. The Kier molecular flexibility index (Phi) is 5.33. The number of benzene rings is 2. The fraction of sp³-hybridized carbons (Fsp3) is 0.300. The number of fused-ring (bicyclic) bond motifs is 1. The Hall–Kier alpha value is -2.82. The molecular formula is C20H21NO4. The highest BCUT2D eigenvalue weighted by Crippen LogP contribution is 2.26. The predicted molar refractivity (Wildman–Crippen MR) is 94.7 cm³/mol. The summed E-state index contributed by atoms with van der Waals surface area (Å²) in [6.45, 7) is 2.10. The molecule has 5 nitrogen and oxygen atoms in total. The number of aryl methyl sites for hydroxylation is 2. The Labute approximate surface area is 147 Å². The lowest BCUT2D eigenvalue weighted by Gasteiger charge is -2.29. The number of esters is 1. The van der Waals surface area contributed by atoms with Crippen molar-refractivity contribution >= 4 is 17.6 Å². The van der Waals surface area contributed by atoms with E-state index in [1.54, 1.807) is 11.0 Å². The van der Waals surface area contributed by atoms with Gasteiger partial charge in [-0.1, -0.05) is 30.3 Å². The summed E-state index contributed by atoms with van der Waals surface area (Å²) in [5.74, 6) is -0.163. The molecule has 0 atom stereocenters. The summed E-state index contributed by atoms with van der Waals surface area (Å²) in [6, 6.07) is 15.2. The third-order valence-corrected chi connectivity index (χ3v) is 4.11. The molecule has 3 rings (SSSR count). The van der Waals surface area contributed by atoms with Gasteiger partial charge in [0.1, 0.15) is 5.75 Å².